The fourth-order valence-electron chi connectivity index (χ4n) is 4.20. The minimum atomic E-state index is -1.67. The third-order valence-electron chi connectivity index (χ3n) is 6.01. The number of hydrogen-bond acceptors (Lipinski definition) is 8. The summed E-state index contributed by atoms with van der Waals surface area (Å²) in [5.41, 5.74) is -0.493. The molecular weight excluding hydrogens is 487 g/mol. The number of fused-ring (bicyclic) bond motifs is 2. The van der Waals surface area contributed by atoms with Crippen LogP contribution in [0.4, 0.5) is 9.18 Å². The summed E-state index contributed by atoms with van der Waals surface area (Å²) >= 11 is 1.13. The van der Waals surface area contributed by atoms with Crippen LogP contribution in [0, 0.1) is 6.92 Å². The number of aromatic nitrogens is 5. The molecule has 1 fully saturated rings. The zero-order valence-electron chi connectivity index (χ0n) is 20.7. The summed E-state index contributed by atoms with van der Waals surface area (Å²) < 4.78 is 29.8. The van der Waals surface area contributed by atoms with Gasteiger partial charge in [0.25, 0.3) is 5.56 Å². The number of hydrogen-bond donors (Lipinski definition) is 0. The van der Waals surface area contributed by atoms with E-state index in [1.165, 1.54) is 28.7 Å². The number of amides is 1. The first kappa shape index (κ1) is 24.2. The van der Waals surface area contributed by atoms with Gasteiger partial charge in [0.15, 0.2) is 16.4 Å². The van der Waals surface area contributed by atoms with Crippen molar-refractivity contribution in [3.63, 3.8) is 0 Å². The van der Waals surface area contributed by atoms with Crippen LogP contribution in [-0.2, 0) is 10.4 Å². The van der Waals surface area contributed by atoms with Gasteiger partial charge in [-0.3, -0.25) is 9.20 Å². The van der Waals surface area contributed by atoms with Crippen molar-refractivity contribution in [3.8, 4) is 17.1 Å². The van der Waals surface area contributed by atoms with Crippen molar-refractivity contribution in [1.29, 1.82) is 0 Å². The second-order valence-electron chi connectivity index (χ2n) is 9.91. The van der Waals surface area contributed by atoms with Crippen molar-refractivity contribution in [2.45, 2.75) is 51.8 Å². The molecule has 0 radical (unpaired) electrons. The first-order valence-electron chi connectivity index (χ1n) is 11.6. The highest BCUT2D eigenvalue weighted by Crippen LogP contribution is 2.40. The van der Waals surface area contributed by atoms with E-state index in [4.69, 9.17) is 9.47 Å². The summed E-state index contributed by atoms with van der Waals surface area (Å²) in [5, 5.41) is 4.53. The normalized spacial score (nSPS) is 16.0. The van der Waals surface area contributed by atoms with E-state index in [2.05, 4.69) is 15.1 Å². The fraction of sp³-hybridized carbons (Fsp3) is 0.458. The van der Waals surface area contributed by atoms with Crippen LogP contribution in [0.3, 0.4) is 0 Å². The van der Waals surface area contributed by atoms with Crippen LogP contribution < -0.4 is 10.3 Å². The standard InChI is InChI=1S/C24H27FN6O4S/c1-14-12-31-20(26-14)17(34-5)10-16(28-31)15-11-19(32)30-13-18(36-21(30)27-15)24(25)6-8-29(9-7-24)22(33)35-23(2,3)4/h10-13H,6-9H2,1-5H3. The fourth-order valence-corrected chi connectivity index (χ4v) is 5.32. The molecule has 0 N–H and O–H groups in total. The molecular formula is C24H27FN6O4S. The zero-order valence-corrected chi connectivity index (χ0v) is 21.6. The molecule has 0 saturated carbocycles. The Hall–Kier alpha value is -3.54. The number of ether oxygens (including phenoxy) is 2. The van der Waals surface area contributed by atoms with E-state index in [0.29, 0.717) is 32.6 Å². The number of alkyl halides is 1. The maximum absolute atomic E-state index is 16.0. The van der Waals surface area contributed by atoms with Crippen molar-refractivity contribution in [2.24, 2.45) is 0 Å². The number of carbonyl (C=O) groups excluding carboxylic acids is 1. The Morgan fingerprint density at radius 1 is 1.14 bits per heavy atom. The highest BCUT2D eigenvalue weighted by molar-refractivity contribution is 7.17. The monoisotopic (exact) mass is 514 g/mol. The topological polar surface area (TPSA) is 103 Å². The Bertz CT molecular complexity index is 1530. The van der Waals surface area contributed by atoms with Crippen LogP contribution in [0.25, 0.3) is 22.0 Å². The van der Waals surface area contributed by atoms with Crippen LogP contribution in [0.5, 0.6) is 5.75 Å². The average Bonchev–Trinajstić information content (AvgIpc) is 3.41. The van der Waals surface area contributed by atoms with Crippen molar-refractivity contribution < 1.29 is 18.7 Å². The minimum Gasteiger partial charge on any atom is -0.493 e. The van der Waals surface area contributed by atoms with Gasteiger partial charge >= 0.3 is 6.09 Å². The van der Waals surface area contributed by atoms with Crippen LogP contribution in [-0.4, -0.2) is 60.8 Å². The SMILES string of the molecule is COc1cc(-c2cc(=O)n3cc(C4(F)CCN(C(=O)OC(C)(C)C)CC4)sc3n2)nn2cc(C)nc12. The molecule has 0 unspecified atom stereocenters. The molecule has 1 aliphatic heterocycles. The van der Waals surface area contributed by atoms with E-state index >= 15 is 4.39 Å². The Morgan fingerprint density at radius 2 is 1.86 bits per heavy atom. The predicted molar refractivity (Wildman–Crippen MR) is 132 cm³/mol. The maximum atomic E-state index is 16.0. The van der Waals surface area contributed by atoms with Gasteiger partial charge in [0.1, 0.15) is 17.0 Å². The van der Waals surface area contributed by atoms with Gasteiger partial charge in [-0.2, -0.15) is 5.10 Å². The number of halogens is 1. The van der Waals surface area contributed by atoms with E-state index in [1.807, 2.05) is 6.92 Å². The highest BCUT2D eigenvalue weighted by atomic mass is 32.1. The number of methoxy groups -OCH3 is 1. The van der Waals surface area contributed by atoms with Gasteiger partial charge in [-0.25, -0.2) is 23.7 Å². The second-order valence-corrected chi connectivity index (χ2v) is 10.9. The lowest BCUT2D eigenvalue weighted by atomic mass is 9.92. The molecule has 1 saturated heterocycles. The van der Waals surface area contributed by atoms with Gasteiger partial charge in [-0.15, -0.1) is 0 Å². The molecule has 5 rings (SSSR count). The number of nitrogens with zero attached hydrogens (tertiary/aromatic N) is 6. The third kappa shape index (κ3) is 4.41. The zero-order chi connectivity index (χ0) is 25.8. The van der Waals surface area contributed by atoms with Crippen molar-refractivity contribution in [3.05, 3.63) is 45.5 Å². The van der Waals surface area contributed by atoms with E-state index in [9.17, 15) is 9.59 Å². The molecule has 0 atom stereocenters. The number of carbonyl (C=O) groups is 1. The summed E-state index contributed by atoms with van der Waals surface area (Å²) in [4.78, 5) is 36.6. The van der Waals surface area contributed by atoms with Gasteiger partial charge in [0.05, 0.1) is 29.6 Å². The van der Waals surface area contributed by atoms with Gasteiger partial charge in [-0.05, 0) is 27.7 Å². The molecule has 4 aromatic heterocycles. The molecule has 0 spiro atoms. The molecule has 0 aliphatic carbocycles. The Labute approximate surface area is 210 Å². The number of thiazole rings is 1. The summed E-state index contributed by atoms with van der Waals surface area (Å²) in [5.74, 6) is 0.501. The van der Waals surface area contributed by atoms with Crippen molar-refractivity contribution >= 4 is 28.0 Å². The summed E-state index contributed by atoms with van der Waals surface area (Å²) in [7, 11) is 1.54. The summed E-state index contributed by atoms with van der Waals surface area (Å²) in [6.07, 6.45) is 3.04. The first-order valence-corrected chi connectivity index (χ1v) is 12.4. The lowest BCUT2D eigenvalue weighted by molar-refractivity contribution is 0.00291. The smallest absolute Gasteiger partial charge is 0.410 e. The molecule has 10 nitrogen and oxygen atoms in total. The van der Waals surface area contributed by atoms with Gasteiger partial charge < -0.3 is 14.4 Å². The van der Waals surface area contributed by atoms with Gasteiger partial charge in [0.2, 0.25) is 0 Å². The second kappa shape index (κ2) is 8.54. The minimum absolute atomic E-state index is 0.107. The number of imidazole rings is 1. The highest BCUT2D eigenvalue weighted by Gasteiger charge is 2.40. The quantitative estimate of drug-likeness (QED) is 0.407. The Kier molecular flexibility index (Phi) is 5.73. The van der Waals surface area contributed by atoms with E-state index in [-0.39, 0.29) is 31.5 Å². The van der Waals surface area contributed by atoms with Gasteiger partial charge in [-0.1, -0.05) is 11.3 Å². The van der Waals surface area contributed by atoms with Crippen molar-refractivity contribution in [2.75, 3.05) is 20.2 Å². The maximum Gasteiger partial charge on any atom is 0.410 e. The molecule has 0 bridgehead atoms. The molecule has 0 aromatic carbocycles. The van der Waals surface area contributed by atoms with Crippen LogP contribution in [0.15, 0.2) is 29.3 Å². The van der Waals surface area contributed by atoms with E-state index in [0.717, 1.165) is 17.0 Å². The first-order chi connectivity index (χ1) is 17.0. The average molecular weight is 515 g/mol. The van der Waals surface area contributed by atoms with Gasteiger partial charge in [0, 0.05) is 44.3 Å². The molecule has 12 heteroatoms. The molecule has 1 amide bonds. The number of likely N-dealkylation sites (tertiary alicyclic amines) is 1. The number of rotatable bonds is 3. The van der Waals surface area contributed by atoms with E-state index < -0.39 is 17.4 Å². The summed E-state index contributed by atoms with van der Waals surface area (Å²) in [6.45, 7) is 7.69. The number of piperidine rings is 1. The molecule has 1 aliphatic rings. The molecule has 4 aromatic rings. The summed E-state index contributed by atoms with van der Waals surface area (Å²) in [6, 6.07) is 3.05. The van der Waals surface area contributed by atoms with Crippen molar-refractivity contribution in [1.82, 2.24) is 28.9 Å². The number of aryl methyl sites for hydroxylation is 1. The Balaban J connectivity index is 1.44. The van der Waals surface area contributed by atoms with Crippen LogP contribution in [0.1, 0.15) is 44.2 Å². The lowest BCUT2D eigenvalue weighted by Crippen LogP contribution is -2.45. The largest absolute Gasteiger partial charge is 0.493 e. The lowest BCUT2D eigenvalue weighted by Gasteiger charge is -2.36. The van der Waals surface area contributed by atoms with Crippen LogP contribution in [0.2, 0.25) is 0 Å². The molecule has 190 valence electrons. The van der Waals surface area contributed by atoms with E-state index in [1.54, 1.807) is 37.5 Å². The molecule has 5 heterocycles. The predicted octanol–water partition coefficient (Wildman–Crippen LogP) is 3.98. The van der Waals surface area contributed by atoms with Crippen LogP contribution >= 0.6 is 11.3 Å². The third-order valence-corrected chi connectivity index (χ3v) is 7.17. The molecule has 36 heavy (non-hydrogen) atoms. The Morgan fingerprint density at radius 3 is 2.53 bits per heavy atom.